The first-order valence-corrected chi connectivity index (χ1v) is 6.09. The minimum Gasteiger partial charge on any atom is -0.385 e. The van der Waals surface area contributed by atoms with E-state index in [1.807, 2.05) is 24.4 Å². The summed E-state index contributed by atoms with van der Waals surface area (Å²) < 4.78 is 0. The summed E-state index contributed by atoms with van der Waals surface area (Å²) >= 11 is 1.56. The Balaban J connectivity index is 2.43. The maximum absolute atomic E-state index is 12.4. The summed E-state index contributed by atoms with van der Waals surface area (Å²) in [6.07, 6.45) is 0. The summed E-state index contributed by atoms with van der Waals surface area (Å²) in [5.74, 6) is 0.496. The van der Waals surface area contributed by atoms with Crippen LogP contribution in [0, 0.1) is 6.92 Å². The van der Waals surface area contributed by atoms with Crippen LogP contribution in [0.1, 0.15) is 5.69 Å². The number of H-pyrrole nitrogens is 2. The lowest BCUT2D eigenvalue weighted by atomic mass is 10.1. The van der Waals surface area contributed by atoms with Crippen molar-refractivity contribution in [2.45, 2.75) is 6.92 Å². The van der Waals surface area contributed by atoms with Gasteiger partial charge in [-0.05, 0) is 24.4 Å². The molecule has 0 aromatic carbocycles. The monoisotopic (exact) mass is 245 g/mol. The van der Waals surface area contributed by atoms with E-state index in [0.717, 1.165) is 16.1 Å². The number of pyridine rings is 1. The quantitative estimate of drug-likeness (QED) is 0.616. The SMILES string of the molecule is Cc1[nH]c2[nH]c(N)cc2c(=O)c1-c1cccs1. The van der Waals surface area contributed by atoms with Gasteiger partial charge in [0.05, 0.1) is 10.9 Å². The number of thiophene rings is 1. The van der Waals surface area contributed by atoms with Crippen molar-refractivity contribution in [3.05, 3.63) is 39.5 Å². The molecule has 0 aliphatic carbocycles. The minimum absolute atomic E-state index is 0.0200. The topological polar surface area (TPSA) is 74.7 Å². The van der Waals surface area contributed by atoms with Gasteiger partial charge >= 0.3 is 0 Å². The maximum atomic E-state index is 12.4. The normalized spacial score (nSPS) is 11.1. The highest BCUT2D eigenvalue weighted by molar-refractivity contribution is 7.13. The van der Waals surface area contributed by atoms with Gasteiger partial charge in [0.25, 0.3) is 0 Å². The first kappa shape index (κ1) is 10.2. The Morgan fingerprint density at radius 3 is 2.88 bits per heavy atom. The van der Waals surface area contributed by atoms with Crippen LogP contribution in [0.4, 0.5) is 5.82 Å². The summed E-state index contributed by atoms with van der Waals surface area (Å²) in [7, 11) is 0. The molecule has 0 bridgehead atoms. The summed E-state index contributed by atoms with van der Waals surface area (Å²) in [5, 5.41) is 2.57. The molecule has 0 aliphatic heterocycles. The van der Waals surface area contributed by atoms with Crippen molar-refractivity contribution in [2.24, 2.45) is 0 Å². The van der Waals surface area contributed by atoms with Crippen molar-refractivity contribution >= 4 is 28.2 Å². The average molecular weight is 245 g/mol. The molecular weight excluding hydrogens is 234 g/mol. The average Bonchev–Trinajstić information content (AvgIpc) is 2.87. The largest absolute Gasteiger partial charge is 0.385 e. The second-order valence-electron chi connectivity index (χ2n) is 3.94. The highest BCUT2D eigenvalue weighted by Gasteiger charge is 2.13. The van der Waals surface area contributed by atoms with Gasteiger partial charge in [0.2, 0.25) is 0 Å². The fourth-order valence-electron chi connectivity index (χ4n) is 2.03. The second-order valence-corrected chi connectivity index (χ2v) is 4.89. The highest BCUT2D eigenvalue weighted by Crippen LogP contribution is 2.26. The molecule has 5 heteroatoms. The number of nitrogens with one attached hydrogen (secondary N) is 2. The molecule has 0 fully saturated rings. The maximum Gasteiger partial charge on any atom is 0.199 e. The van der Waals surface area contributed by atoms with Gasteiger partial charge in [-0.3, -0.25) is 4.79 Å². The number of aromatic nitrogens is 2. The lowest BCUT2D eigenvalue weighted by molar-refractivity contribution is 1.22. The molecule has 3 rings (SSSR count). The van der Waals surface area contributed by atoms with Gasteiger partial charge < -0.3 is 15.7 Å². The van der Waals surface area contributed by atoms with Crippen LogP contribution in [-0.4, -0.2) is 9.97 Å². The first-order chi connectivity index (χ1) is 8.16. The number of aromatic amines is 2. The predicted octanol–water partition coefficient (Wildman–Crippen LogP) is 2.48. The molecule has 0 aliphatic rings. The van der Waals surface area contributed by atoms with E-state index in [-0.39, 0.29) is 5.43 Å². The van der Waals surface area contributed by atoms with Gasteiger partial charge in [-0.2, -0.15) is 0 Å². The van der Waals surface area contributed by atoms with E-state index in [1.54, 1.807) is 17.4 Å². The van der Waals surface area contributed by atoms with Gasteiger partial charge in [-0.1, -0.05) is 6.07 Å². The third kappa shape index (κ3) is 1.47. The zero-order valence-electron chi connectivity index (χ0n) is 9.20. The van der Waals surface area contributed by atoms with Crippen LogP contribution < -0.4 is 11.2 Å². The number of rotatable bonds is 1. The Morgan fingerprint density at radius 2 is 2.18 bits per heavy atom. The lowest BCUT2D eigenvalue weighted by Gasteiger charge is -2.03. The number of aryl methyl sites for hydroxylation is 1. The molecule has 0 saturated carbocycles. The van der Waals surface area contributed by atoms with Crippen molar-refractivity contribution in [3.8, 4) is 10.4 Å². The van der Waals surface area contributed by atoms with Crippen LogP contribution in [-0.2, 0) is 0 Å². The molecule has 3 heterocycles. The lowest BCUT2D eigenvalue weighted by Crippen LogP contribution is -2.07. The predicted molar refractivity (Wildman–Crippen MR) is 71.4 cm³/mol. The van der Waals surface area contributed by atoms with Crippen LogP contribution in [0.5, 0.6) is 0 Å². The van der Waals surface area contributed by atoms with E-state index in [0.29, 0.717) is 16.9 Å². The summed E-state index contributed by atoms with van der Waals surface area (Å²) in [4.78, 5) is 19.5. The van der Waals surface area contributed by atoms with E-state index in [1.165, 1.54) is 0 Å². The van der Waals surface area contributed by atoms with Gasteiger partial charge in [0.15, 0.2) is 5.43 Å². The van der Waals surface area contributed by atoms with E-state index in [9.17, 15) is 4.79 Å². The first-order valence-electron chi connectivity index (χ1n) is 5.22. The van der Waals surface area contributed by atoms with Crippen molar-refractivity contribution < 1.29 is 0 Å². The Morgan fingerprint density at radius 1 is 1.35 bits per heavy atom. The molecule has 3 aromatic heterocycles. The number of anilines is 1. The summed E-state index contributed by atoms with van der Waals surface area (Å²) in [5.41, 5.74) is 7.95. The molecule has 0 saturated heterocycles. The standard InChI is InChI=1S/C12H11N3OS/c1-6-10(8-3-2-4-17-8)11(16)7-5-9(13)15-12(7)14-6/h2-5H,13H2,1H3,(H2,14,15,16). The Kier molecular flexibility index (Phi) is 2.09. The molecule has 0 unspecified atom stereocenters. The van der Waals surface area contributed by atoms with Gasteiger partial charge in [-0.25, -0.2) is 0 Å². The molecule has 4 nitrogen and oxygen atoms in total. The van der Waals surface area contributed by atoms with Gasteiger partial charge in [0.1, 0.15) is 11.5 Å². The number of hydrogen-bond acceptors (Lipinski definition) is 3. The Bertz CT molecular complexity index is 737. The smallest absolute Gasteiger partial charge is 0.199 e. The molecule has 3 aromatic rings. The molecule has 0 amide bonds. The molecular formula is C12H11N3OS. The van der Waals surface area contributed by atoms with Crippen molar-refractivity contribution in [2.75, 3.05) is 5.73 Å². The van der Waals surface area contributed by atoms with E-state index in [2.05, 4.69) is 9.97 Å². The zero-order valence-corrected chi connectivity index (χ0v) is 10.0. The summed E-state index contributed by atoms with van der Waals surface area (Å²) in [6.45, 7) is 1.90. The number of nitrogens with two attached hydrogens (primary N) is 1. The Hall–Kier alpha value is -2.01. The zero-order chi connectivity index (χ0) is 12.0. The number of fused-ring (bicyclic) bond motifs is 1. The molecule has 17 heavy (non-hydrogen) atoms. The van der Waals surface area contributed by atoms with Crippen LogP contribution in [0.2, 0.25) is 0 Å². The Labute approximate surface area is 101 Å². The molecule has 0 spiro atoms. The number of nitrogen functional groups attached to an aromatic ring is 1. The second kappa shape index (κ2) is 3.49. The van der Waals surface area contributed by atoms with E-state index < -0.39 is 0 Å². The molecule has 86 valence electrons. The highest BCUT2D eigenvalue weighted by atomic mass is 32.1. The van der Waals surface area contributed by atoms with Crippen LogP contribution in [0.3, 0.4) is 0 Å². The van der Waals surface area contributed by atoms with Gasteiger partial charge in [-0.15, -0.1) is 11.3 Å². The van der Waals surface area contributed by atoms with Crippen LogP contribution in [0.25, 0.3) is 21.5 Å². The number of hydrogen-bond donors (Lipinski definition) is 3. The summed E-state index contributed by atoms with van der Waals surface area (Å²) in [6, 6.07) is 5.56. The van der Waals surface area contributed by atoms with Crippen molar-refractivity contribution in [1.29, 1.82) is 0 Å². The fraction of sp³-hybridized carbons (Fsp3) is 0.0833. The third-order valence-electron chi connectivity index (χ3n) is 2.77. The minimum atomic E-state index is 0.0200. The van der Waals surface area contributed by atoms with E-state index >= 15 is 0 Å². The molecule has 0 radical (unpaired) electrons. The molecule has 4 N–H and O–H groups in total. The third-order valence-corrected chi connectivity index (χ3v) is 3.65. The van der Waals surface area contributed by atoms with Crippen LogP contribution in [0.15, 0.2) is 28.4 Å². The van der Waals surface area contributed by atoms with Gasteiger partial charge in [0, 0.05) is 10.6 Å². The van der Waals surface area contributed by atoms with Crippen molar-refractivity contribution in [1.82, 2.24) is 9.97 Å². The molecule has 0 atom stereocenters. The van der Waals surface area contributed by atoms with E-state index in [4.69, 9.17) is 5.73 Å². The van der Waals surface area contributed by atoms with Crippen LogP contribution >= 0.6 is 11.3 Å². The van der Waals surface area contributed by atoms with Crippen molar-refractivity contribution in [3.63, 3.8) is 0 Å². The fourth-order valence-corrected chi connectivity index (χ4v) is 2.85.